The first-order valence-electron chi connectivity index (χ1n) is 17.2. The number of benzene rings is 6. The van der Waals surface area contributed by atoms with Gasteiger partial charge in [0.15, 0.2) is 8.52 Å². The van der Waals surface area contributed by atoms with Gasteiger partial charge < -0.3 is 28.2 Å². The summed E-state index contributed by atoms with van der Waals surface area (Å²) >= 11 is 0. The average molecular weight is 915 g/mol. The molecular weight excluding hydrogens is 893 g/mol. The molecule has 316 valence electrons. The standard InChI is InChI=1S/C36H21N8O16P3/c45-40(46)21-1-11-26(12-2-21)55-31-32(56-27-13-3-22(4-14-27)41(47)48)34(58-29-17-7-24(8-18-29)43(51)52)36(60-63-38-61-37-62-39-63)35(59-30-19-9-25(10-20-30)44(53)54)33(31)57-28-15-5-23(6-16-28)42(49)50/h1-20H,(H,37,38,39). The first kappa shape index (κ1) is 42.8. The second kappa shape index (κ2) is 19.0. The van der Waals surface area contributed by atoms with Crippen molar-refractivity contribution in [1.29, 1.82) is 0 Å². The zero-order chi connectivity index (χ0) is 44.6. The molecule has 0 aromatic heterocycles. The first-order valence-corrected chi connectivity index (χ1v) is 20.1. The molecule has 6 aromatic carbocycles. The van der Waals surface area contributed by atoms with Gasteiger partial charge >= 0.3 is 8.45 Å². The summed E-state index contributed by atoms with van der Waals surface area (Å²) in [5.74, 6) is -2.78. The zero-order valence-electron chi connectivity index (χ0n) is 31.1. The van der Waals surface area contributed by atoms with Crippen molar-refractivity contribution in [1.82, 2.24) is 4.86 Å². The minimum Gasteiger partial charge on any atom is -0.449 e. The highest BCUT2D eigenvalue weighted by Crippen LogP contribution is 2.64. The molecule has 0 spiro atoms. The van der Waals surface area contributed by atoms with Crippen LogP contribution in [0.1, 0.15) is 0 Å². The molecule has 1 unspecified atom stereocenters. The molecule has 1 aliphatic heterocycles. The van der Waals surface area contributed by atoms with Crippen molar-refractivity contribution in [3.8, 4) is 63.2 Å². The van der Waals surface area contributed by atoms with E-state index in [9.17, 15) is 50.6 Å². The Morgan fingerprint density at radius 2 is 0.635 bits per heavy atom. The Bertz CT molecular complexity index is 2660. The summed E-state index contributed by atoms with van der Waals surface area (Å²) in [6.07, 6.45) is 0. The second-order valence-corrected chi connectivity index (χ2v) is 15.4. The predicted octanol–water partition coefficient (Wildman–Crippen LogP) is 12.5. The van der Waals surface area contributed by atoms with Gasteiger partial charge in [0.05, 0.1) is 24.6 Å². The molecular formula is C36H21N8O16P3. The highest BCUT2D eigenvalue weighted by atomic mass is 31.2. The Morgan fingerprint density at radius 1 is 0.397 bits per heavy atom. The molecule has 27 heteroatoms. The van der Waals surface area contributed by atoms with Crippen LogP contribution in [0.5, 0.6) is 63.2 Å². The number of nitro groups is 5. The first-order chi connectivity index (χ1) is 30.3. The normalized spacial score (nSPS) is 13.2. The molecule has 63 heavy (non-hydrogen) atoms. The number of ether oxygens (including phenoxy) is 5. The number of nitrogens with zero attached hydrogens (tertiary/aromatic N) is 7. The summed E-state index contributed by atoms with van der Waals surface area (Å²) in [7, 11) is -1.43. The molecule has 0 saturated carbocycles. The summed E-state index contributed by atoms with van der Waals surface area (Å²) in [5.41, 5.74) is -1.51. The van der Waals surface area contributed by atoms with Gasteiger partial charge in [-0.3, -0.25) is 50.6 Å². The molecule has 0 saturated heterocycles. The molecule has 6 aromatic rings. The van der Waals surface area contributed by atoms with Gasteiger partial charge in [-0.15, -0.1) is 0 Å². The van der Waals surface area contributed by atoms with E-state index in [1.165, 1.54) is 60.7 Å². The fourth-order valence-electron chi connectivity index (χ4n) is 5.21. The van der Waals surface area contributed by atoms with Crippen LogP contribution in [0.2, 0.25) is 0 Å². The van der Waals surface area contributed by atoms with E-state index in [0.717, 1.165) is 60.7 Å². The van der Waals surface area contributed by atoms with E-state index in [2.05, 4.69) is 13.9 Å². The fraction of sp³-hybridized carbons (Fsp3) is 0. The minimum atomic E-state index is -2.04. The highest BCUT2D eigenvalue weighted by Gasteiger charge is 2.36. The maximum atomic E-state index is 11.6. The van der Waals surface area contributed by atoms with Crippen molar-refractivity contribution in [3.63, 3.8) is 0 Å². The van der Waals surface area contributed by atoms with Gasteiger partial charge in [-0.1, -0.05) is 0 Å². The Kier molecular flexibility index (Phi) is 12.9. The summed E-state index contributed by atoms with van der Waals surface area (Å²) in [5, 5.41) is 57.8. The quantitative estimate of drug-likeness (QED) is 0.0505. The lowest BCUT2D eigenvalue weighted by Crippen LogP contribution is -2.05. The van der Waals surface area contributed by atoms with Crippen LogP contribution in [-0.2, 0) is 0 Å². The van der Waals surface area contributed by atoms with E-state index < -0.39 is 61.8 Å². The lowest BCUT2D eigenvalue weighted by atomic mass is 10.2. The van der Waals surface area contributed by atoms with E-state index in [1.54, 1.807) is 0 Å². The van der Waals surface area contributed by atoms with E-state index in [-0.39, 0.29) is 71.5 Å². The molecule has 0 amide bonds. The lowest BCUT2D eigenvalue weighted by Gasteiger charge is -2.26. The Balaban J connectivity index is 1.56. The van der Waals surface area contributed by atoms with Crippen molar-refractivity contribution < 1.29 is 52.8 Å². The fourth-order valence-corrected chi connectivity index (χ4v) is 8.12. The Labute approximate surface area is 355 Å². The molecule has 24 nitrogen and oxygen atoms in total. The van der Waals surface area contributed by atoms with Gasteiger partial charge in [-0.25, -0.2) is 0 Å². The molecule has 0 bridgehead atoms. The number of hydrogen-bond acceptors (Lipinski definition) is 19. The van der Waals surface area contributed by atoms with Crippen LogP contribution in [0, 0.1) is 50.6 Å². The minimum absolute atomic E-state index is 0.0572. The third-order valence-corrected chi connectivity index (χ3v) is 11.1. The van der Waals surface area contributed by atoms with E-state index in [0.29, 0.717) is 8.52 Å². The van der Waals surface area contributed by atoms with Crippen LogP contribution in [0.15, 0.2) is 130 Å². The number of rotatable bonds is 17. The van der Waals surface area contributed by atoms with Crippen molar-refractivity contribution in [2.45, 2.75) is 0 Å². The number of hydrogen-bond donors (Lipinski definition) is 1. The van der Waals surface area contributed by atoms with Gasteiger partial charge in [0, 0.05) is 60.7 Å². The third kappa shape index (κ3) is 10.4. The van der Waals surface area contributed by atoms with E-state index in [1.807, 2.05) is 0 Å². The molecule has 1 atom stereocenters. The molecule has 1 aliphatic rings. The molecule has 0 aliphatic carbocycles. The topological polar surface area (TPSA) is 308 Å². The maximum Gasteiger partial charge on any atom is 0.311 e. The van der Waals surface area contributed by atoms with Gasteiger partial charge in [0.1, 0.15) is 37.3 Å². The summed E-state index contributed by atoms with van der Waals surface area (Å²) in [4.78, 5) is 57.6. The second-order valence-electron chi connectivity index (χ2n) is 12.1. The van der Waals surface area contributed by atoms with E-state index >= 15 is 0 Å². The van der Waals surface area contributed by atoms with Crippen molar-refractivity contribution in [3.05, 3.63) is 172 Å². The Hall–Kier alpha value is -8.29. The number of nitro benzene ring substituents is 5. The van der Waals surface area contributed by atoms with Crippen molar-refractivity contribution >= 4 is 53.9 Å². The summed E-state index contributed by atoms with van der Waals surface area (Å²) < 4.78 is 47.0. The summed E-state index contributed by atoms with van der Waals surface area (Å²) in [6, 6.07) is 23.8. The molecule has 0 fully saturated rings. The van der Waals surface area contributed by atoms with Crippen LogP contribution in [0.25, 0.3) is 0 Å². The van der Waals surface area contributed by atoms with Crippen LogP contribution >= 0.6 is 25.5 Å². The third-order valence-electron chi connectivity index (χ3n) is 8.09. The van der Waals surface area contributed by atoms with Crippen LogP contribution in [0.4, 0.5) is 28.4 Å². The summed E-state index contributed by atoms with van der Waals surface area (Å²) in [6.45, 7) is 0. The van der Waals surface area contributed by atoms with Crippen molar-refractivity contribution in [2.75, 3.05) is 0 Å². The molecule has 7 rings (SSSR count). The SMILES string of the molecule is O=[N+]([O-])c1ccc(Oc2c(Oc3ccc([N+](=O)[O-])cc3)c(Oc3ccc([N+](=O)[O-])cc3)c(OP3N=PN=PN3)c(Oc3ccc([N+](=O)[O-])cc3)c2Oc2ccc([N+](=O)[O-])cc2)cc1. The maximum absolute atomic E-state index is 11.6. The largest absolute Gasteiger partial charge is 0.449 e. The van der Waals surface area contributed by atoms with Gasteiger partial charge in [-0.05, 0) is 60.7 Å². The smallest absolute Gasteiger partial charge is 0.311 e. The molecule has 1 heterocycles. The lowest BCUT2D eigenvalue weighted by molar-refractivity contribution is -0.385. The van der Waals surface area contributed by atoms with Crippen LogP contribution in [-0.4, -0.2) is 24.6 Å². The molecule has 0 radical (unpaired) electrons. The Morgan fingerprint density at radius 3 is 0.841 bits per heavy atom. The monoisotopic (exact) mass is 914 g/mol. The van der Waals surface area contributed by atoms with Gasteiger partial charge in [-0.2, -0.15) is 13.9 Å². The number of non-ortho nitro benzene ring substituents is 5. The van der Waals surface area contributed by atoms with Crippen molar-refractivity contribution in [2.24, 2.45) is 9.03 Å². The zero-order valence-corrected chi connectivity index (χ0v) is 33.7. The molecule has 1 N–H and O–H groups in total. The highest BCUT2D eigenvalue weighted by molar-refractivity contribution is 7.64. The number of nitrogens with one attached hydrogen (secondary N) is 1. The van der Waals surface area contributed by atoms with Gasteiger partial charge in [0.2, 0.25) is 34.5 Å². The van der Waals surface area contributed by atoms with Crippen LogP contribution < -0.4 is 33.1 Å². The predicted molar refractivity (Wildman–Crippen MR) is 222 cm³/mol. The van der Waals surface area contributed by atoms with Gasteiger partial charge in [0.25, 0.3) is 28.4 Å². The van der Waals surface area contributed by atoms with E-state index in [4.69, 9.17) is 28.2 Å². The van der Waals surface area contributed by atoms with Crippen LogP contribution in [0.3, 0.4) is 0 Å². The average Bonchev–Trinajstić information content (AvgIpc) is 3.28.